The van der Waals surface area contributed by atoms with Crippen molar-refractivity contribution in [1.82, 2.24) is 0 Å². The van der Waals surface area contributed by atoms with Gasteiger partial charge in [-0.15, -0.1) is 0 Å². The predicted octanol–water partition coefficient (Wildman–Crippen LogP) is 3.68. The fraction of sp³-hybridized carbons (Fsp3) is 0.800. The largest absolute Gasteiger partial charge is 0.295 e. The van der Waals surface area contributed by atoms with Crippen LogP contribution < -0.4 is 0 Å². The number of unbranched alkanes of at least 4 members (excludes halogenated alkanes) is 4. The minimum absolute atomic E-state index is 0.293. The van der Waals surface area contributed by atoms with Gasteiger partial charge >= 0.3 is 0 Å². The Bertz CT molecular complexity index is 105. The van der Waals surface area contributed by atoms with Crippen LogP contribution in [0.1, 0.15) is 52.4 Å². The summed E-state index contributed by atoms with van der Waals surface area (Å²) in [5.74, 6) is 0.293. The van der Waals surface area contributed by atoms with Gasteiger partial charge in [-0.2, -0.15) is 0 Å². The van der Waals surface area contributed by atoms with Crippen molar-refractivity contribution < 1.29 is 5.11 Å². The van der Waals surface area contributed by atoms with E-state index in [9.17, 15) is 5.11 Å². The summed E-state index contributed by atoms with van der Waals surface area (Å²) in [4.78, 5) is 0. The molecule has 1 radical (unpaired) electrons. The van der Waals surface area contributed by atoms with Crippen molar-refractivity contribution >= 4 is 0 Å². The van der Waals surface area contributed by atoms with E-state index in [0.29, 0.717) is 12.2 Å². The highest BCUT2D eigenvalue weighted by atomic mass is 16.3. The normalized spacial score (nSPS) is 12.0. The van der Waals surface area contributed by atoms with Gasteiger partial charge in [0.15, 0.2) is 5.76 Å². The van der Waals surface area contributed by atoms with Crippen molar-refractivity contribution in [3.63, 3.8) is 0 Å². The Morgan fingerprint density at radius 1 is 1.18 bits per heavy atom. The van der Waals surface area contributed by atoms with Crippen LogP contribution >= 0.6 is 0 Å². The van der Waals surface area contributed by atoms with Crippen LogP contribution in [0.5, 0.6) is 0 Å². The Labute approximate surface area is 70.1 Å². The molecule has 0 aromatic rings. The molecule has 65 valence electrons. The third-order valence-corrected chi connectivity index (χ3v) is 1.78. The summed E-state index contributed by atoms with van der Waals surface area (Å²) < 4.78 is 0. The quantitative estimate of drug-likeness (QED) is 0.412. The monoisotopic (exact) mass is 155 g/mol. The van der Waals surface area contributed by atoms with Gasteiger partial charge in [0.25, 0.3) is 0 Å². The maximum Gasteiger partial charge on any atom is 0.151 e. The van der Waals surface area contributed by atoms with Gasteiger partial charge in [-0.3, -0.25) is 5.11 Å². The lowest BCUT2D eigenvalue weighted by molar-refractivity contribution is 0.283. The molecular weight excluding hydrogens is 136 g/mol. The van der Waals surface area contributed by atoms with Crippen LogP contribution in [0.4, 0.5) is 0 Å². The van der Waals surface area contributed by atoms with Gasteiger partial charge in [0.2, 0.25) is 0 Å². The molecule has 0 aliphatic carbocycles. The minimum Gasteiger partial charge on any atom is -0.295 e. The summed E-state index contributed by atoms with van der Waals surface area (Å²) in [6.07, 6.45) is 8.48. The van der Waals surface area contributed by atoms with Crippen molar-refractivity contribution in [1.29, 1.82) is 0 Å². The molecule has 1 nitrogen and oxygen atoms in total. The van der Waals surface area contributed by atoms with Gasteiger partial charge < -0.3 is 0 Å². The zero-order valence-electron chi connectivity index (χ0n) is 7.73. The molecule has 0 bridgehead atoms. The van der Waals surface area contributed by atoms with Crippen LogP contribution in [0.2, 0.25) is 0 Å². The van der Waals surface area contributed by atoms with E-state index in [1.165, 1.54) is 25.7 Å². The Morgan fingerprint density at radius 3 is 2.45 bits per heavy atom. The Balaban J connectivity index is 3.12. The minimum atomic E-state index is 0.293. The number of hydrogen-bond acceptors (Lipinski definition) is 0. The molecule has 0 unspecified atom stereocenters. The van der Waals surface area contributed by atoms with E-state index in [4.69, 9.17) is 0 Å². The number of hydrogen-bond donors (Lipinski definition) is 0. The third kappa shape index (κ3) is 7.44. The van der Waals surface area contributed by atoms with Crippen LogP contribution in [0, 0.1) is 0 Å². The molecule has 0 aromatic carbocycles. The molecule has 0 saturated carbocycles. The second kappa shape index (κ2) is 7.64. The smallest absolute Gasteiger partial charge is 0.151 e. The van der Waals surface area contributed by atoms with Crippen molar-refractivity contribution in [2.45, 2.75) is 52.4 Å². The molecule has 0 heterocycles. The molecule has 11 heavy (non-hydrogen) atoms. The fourth-order valence-corrected chi connectivity index (χ4v) is 0.979. The predicted molar refractivity (Wildman–Crippen MR) is 47.8 cm³/mol. The lowest BCUT2D eigenvalue weighted by atomic mass is 10.1. The fourth-order valence-electron chi connectivity index (χ4n) is 0.979. The molecule has 1 heteroatoms. The van der Waals surface area contributed by atoms with Crippen molar-refractivity contribution in [3.05, 3.63) is 11.8 Å². The van der Waals surface area contributed by atoms with Gasteiger partial charge in [0, 0.05) is 6.42 Å². The van der Waals surface area contributed by atoms with Gasteiger partial charge in [0.1, 0.15) is 0 Å². The second-order valence-electron chi connectivity index (χ2n) is 2.87. The molecule has 0 rings (SSSR count). The highest BCUT2D eigenvalue weighted by Crippen LogP contribution is 2.05. The maximum absolute atomic E-state index is 10.8. The summed E-state index contributed by atoms with van der Waals surface area (Å²) in [5, 5.41) is 10.8. The van der Waals surface area contributed by atoms with E-state index in [1.807, 2.05) is 13.0 Å². The lowest BCUT2D eigenvalue weighted by Gasteiger charge is -1.94. The lowest BCUT2D eigenvalue weighted by Crippen LogP contribution is -1.77. The molecule has 0 amide bonds. The van der Waals surface area contributed by atoms with Crippen LogP contribution in [0.25, 0.3) is 0 Å². The van der Waals surface area contributed by atoms with Crippen molar-refractivity contribution in [2.75, 3.05) is 0 Å². The summed E-state index contributed by atoms with van der Waals surface area (Å²) >= 11 is 0. The van der Waals surface area contributed by atoms with Crippen molar-refractivity contribution in [2.24, 2.45) is 0 Å². The molecule has 0 atom stereocenters. The molecule has 0 N–H and O–H groups in total. The van der Waals surface area contributed by atoms with E-state index in [1.54, 1.807) is 0 Å². The SMILES string of the molecule is CCCCCC/C=C(\[O])CC. The van der Waals surface area contributed by atoms with E-state index in [0.717, 1.165) is 6.42 Å². The first-order chi connectivity index (χ1) is 5.31. The van der Waals surface area contributed by atoms with Crippen LogP contribution in [0.3, 0.4) is 0 Å². The zero-order chi connectivity index (χ0) is 8.53. The van der Waals surface area contributed by atoms with Gasteiger partial charge in [-0.05, 0) is 18.9 Å². The molecule has 0 aliphatic heterocycles. The molecule has 0 saturated heterocycles. The van der Waals surface area contributed by atoms with Crippen LogP contribution in [-0.2, 0) is 5.11 Å². The topological polar surface area (TPSA) is 19.9 Å². The maximum atomic E-state index is 10.8. The second-order valence-corrected chi connectivity index (χ2v) is 2.87. The summed E-state index contributed by atoms with van der Waals surface area (Å²) in [6, 6.07) is 0. The molecule has 0 aliphatic rings. The Kier molecular flexibility index (Phi) is 7.33. The Morgan fingerprint density at radius 2 is 1.91 bits per heavy atom. The highest BCUT2D eigenvalue weighted by molar-refractivity contribution is 4.88. The number of allylic oxidation sites excluding steroid dienone is 2. The standard InChI is InChI=1S/C10H19O/c1-3-5-6-7-8-9-10(11)4-2/h9H,3-8H2,1-2H3/b10-9-. The molecule has 0 spiro atoms. The Hall–Kier alpha value is -0.460. The summed E-state index contributed by atoms with van der Waals surface area (Å²) in [7, 11) is 0. The van der Waals surface area contributed by atoms with Crippen LogP contribution in [0.15, 0.2) is 11.8 Å². The van der Waals surface area contributed by atoms with E-state index in [2.05, 4.69) is 6.92 Å². The van der Waals surface area contributed by atoms with Gasteiger partial charge in [0.05, 0.1) is 0 Å². The third-order valence-electron chi connectivity index (χ3n) is 1.78. The van der Waals surface area contributed by atoms with Gasteiger partial charge in [-0.1, -0.05) is 33.1 Å². The summed E-state index contributed by atoms with van der Waals surface area (Å²) in [6.45, 7) is 4.10. The average Bonchev–Trinajstić information content (AvgIpc) is 2.04. The van der Waals surface area contributed by atoms with E-state index < -0.39 is 0 Å². The van der Waals surface area contributed by atoms with Crippen LogP contribution in [-0.4, -0.2) is 0 Å². The first-order valence-electron chi connectivity index (χ1n) is 4.67. The van der Waals surface area contributed by atoms with Gasteiger partial charge in [-0.25, -0.2) is 0 Å². The molecule has 0 aromatic heterocycles. The first kappa shape index (κ1) is 10.5. The van der Waals surface area contributed by atoms with E-state index >= 15 is 0 Å². The molecule has 0 fully saturated rings. The first-order valence-corrected chi connectivity index (χ1v) is 4.67. The summed E-state index contributed by atoms with van der Waals surface area (Å²) in [5.41, 5.74) is 0. The highest BCUT2D eigenvalue weighted by Gasteiger charge is 1.90. The molecular formula is C10H19O. The van der Waals surface area contributed by atoms with E-state index in [-0.39, 0.29) is 0 Å². The zero-order valence-corrected chi connectivity index (χ0v) is 7.73. The van der Waals surface area contributed by atoms with Crippen molar-refractivity contribution in [3.8, 4) is 0 Å². The number of rotatable bonds is 6. The average molecular weight is 155 g/mol.